The van der Waals surface area contributed by atoms with Crippen molar-refractivity contribution >= 4 is 23.0 Å². The van der Waals surface area contributed by atoms with Crippen molar-refractivity contribution in [3.63, 3.8) is 0 Å². The van der Waals surface area contributed by atoms with Crippen LogP contribution in [0.15, 0.2) is 53.1 Å². The van der Waals surface area contributed by atoms with Crippen molar-refractivity contribution in [1.82, 2.24) is 9.80 Å². The Kier molecular flexibility index (Phi) is 6.39. The number of carbonyl (C=O) groups is 2. The molecule has 1 unspecified atom stereocenters. The minimum absolute atomic E-state index is 0.0467. The molecule has 0 fully saturated rings. The van der Waals surface area contributed by atoms with E-state index in [2.05, 4.69) is 0 Å². The van der Waals surface area contributed by atoms with E-state index in [-0.39, 0.29) is 17.5 Å². The van der Waals surface area contributed by atoms with Crippen LogP contribution in [0.3, 0.4) is 0 Å². The Bertz CT molecular complexity index is 901. The van der Waals surface area contributed by atoms with Gasteiger partial charge in [0.2, 0.25) is 5.78 Å². The molecule has 0 saturated heterocycles. The SMILES string of the molecule is CC(C)Oc1ccc(C2C(C(=O)c3cccs3)=C(O)C(=O)N2CCN(C)C)cc1. The molecule has 1 aliphatic heterocycles. The van der Waals surface area contributed by atoms with Crippen LogP contribution >= 0.6 is 11.3 Å². The molecule has 2 heterocycles. The van der Waals surface area contributed by atoms with Gasteiger partial charge in [-0.15, -0.1) is 11.3 Å². The number of aliphatic hydroxyl groups excluding tert-OH is 1. The number of ketones is 1. The molecule has 1 aliphatic rings. The fraction of sp³-hybridized carbons (Fsp3) is 0.364. The zero-order valence-corrected chi connectivity index (χ0v) is 17.9. The number of rotatable bonds is 8. The van der Waals surface area contributed by atoms with E-state index in [4.69, 9.17) is 4.74 Å². The van der Waals surface area contributed by atoms with Gasteiger partial charge in [0.1, 0.15) is 5.75 Å². The van der Waals surface area contributed by atoms with Gasteiger partial charge in [0, 0.05) is 13.1 Å². The molecule has 154 valence electrons. The highest BCUT2D eigenvalue weighted by atomic mass is 32.1. The number of likely N-dealkylation sites (N-methyl/N-ethyl adjacent to an activating group) is 1. The average molecular weight is 415 g/mol. The monoisotopic (exact) mass is 414 g/mol. The second kappa shape index (κ2) is 8.80. The highest BCUT2D eigenvalue weighted by molar-refractivity contribution is 7.12. The molecule has 1 atom stereocenters. The van der Waals surface area contributed by atoms with Crippen molar-refractivity contribution in [2.45, 2.75) is 26.0 Å². The summed E-state index contributed by atoms with van der Waals surface area (Å²) in [6.07, 6.45) is 0.0467. The summed E-state index contributed by atoms with van der Waals surface area (Å²) >= 11 is 1.29. The summed E-state index contributed by atoms with van der Waals surface area (Å²) in [7, 11) is 3.83. The van der Waals surface area contributed by atoms with Crippen molar-refractivity contribution in [1.29, 1.82) is 0 Å². The standard InChI is InChI=1S/C22H26N2O4S/c1-14(2)28-16-9-7-15(8-10-16)19-18(20(25)17-6-5-13-29-17)21(26)22(27)24(19)12-11-23(3)4/h5-10,13-14,19,26H,11-12H2,1-4H3. The van der Waals surface area contributed by atoms with Crippen LogP contribution in [0, 0.1) is 0 Å². The molecular weight excluding hydrogens is 388 g/mol. The minimum Gasteiger partial charge on any atom is -0.503 e. The summed E-state index contributed by atoms with van der Waals surface area (Å²) in [5.41, 5.74) is 0.894. The van der Waals surface area contributed by atoms with E-state index < -0.39 is 17.7 Å². The van der Waals surface area contributed by atoms with E-state index in [1.807, 2.05) is 57.1 Å². The van der Waals surface area contributed by atoms with Gasteiger partial charge in [-0.2, -0.15) is 0 Å². The molecule has 0 saturated carbocycles. The molecule has 0 aliphatic carbocycles. The number of amides is 1. The Balaban J connectivity index is 2.00. The molecule has 7 heteroatoms. The van der Waals surface area contributed by atoms with Gasteiger partial charge >= 0.3 is 0 Å². The normalized spacial score (nSPS) is 17.0. The second-order valence-corrected chi connectivity index (χ2v) is 8.46. The topological polar surface area (TPSA) is 70.1 Å². The third-order valence-electron chi connectivity index (χ3n) is 4.65. The van der Waals surface area contributed by atoms with E-state index in [9.17, 15) is 14.7 Å². The first-order chi connectivity index (χ1) is 13.8. The van der Waals surface area contributed by atoms with Gasteiger partial charge < -0.3 is 19.6 Å². The second-order valence-electron chi connectivity index (χ2n) is 7.51. The predicted molar refractivity (Wildman–Crippen MR) is 114 cm³/mol. The van der Waals surface area contributed by atoms with Gasteiger partial charge in [-0.05, 0) is 57.1 Å². The summed E-state index contributed by atoms with van der Waals surface area (Å²) in [6, 6.07) is 10.2. The lowest BCUT2D eigenvalue weighted by Crippen LogP contribution is -2.36. The van der Waals surface area contributed by atoms with Crippen LogP contribution in [0.2, 0.25) is 0 Å². The molecule has 6 nitrogen and oxygen atoms in total. The number of Topliss-reactive ketones (excluding diaryl/α,β-unsaturated/α-hetero) is 1. The lowest BCUT2D eigenvalue weighted by Gasteiger charge is -2.28. The summed E-state index contributed by atoms with van der Waals surface area (Å²) in [5, 5.41) is 12.4. The maximum atomic E-state index is 13.1. The Morgan fingerprint density at radius 2 is 1.93 bits per heavy atom. The molecule has 1 aromatic heterocycles. The van der Waals surface area contributed by atoms with Gasteiger partial charge in [-0.3, -0.25) is 9.59 Å². The molecular formula is C22H26N2O4S. The van der Waals surface area contributed by atoms with Crippen molar-refractivity contribution in [3.8, 4) is 5.75 Å². The minimum atomic E-state index is -0.634. The van der Waals surface area contributed by atoms with E-state index in [0.29, 0.717) is 23.7 Å². The highest BCUT2D eigenvalue weighted by Gasteiger charge is 2.43. The van der Waals surface area contributed by atoms with Crippen molar-refractivity contribution < 1.29 is 19.4 Å². The van der Waals surface area contributed by atoms with E-state index in [1.54, 1.807) is 22.4 Å². The third-order valence-corrected chi connectivity index (χ3v) is 5.52. The van der Waals surface area contributed by atoms with Gasteiger partial charge in [-0.25, -0.2) is 0 Å². The molecule has 1 aromatic carbocycles. The molecule has 0 spiro atoms. The van der Waals surface area contributed by atoms with Crippen LogP contribution in [-0.2, 0) is 4.79 Å². The zero-order chi connectivity index (χ0) is 21.1. The van der Waals surface area contributed by atoms with Crippen LogP contribution in [0.25, 0.3) is 0 Å². The summed E-state index contributed by atoms with van der Waals surface area (Å²) in [6.45, 7) is 4.91. The predicted octanol–water partition coefficient (Wildman–Crippen LogP) is 3.68. The fourth-order valence-corrected chi connectivity index (χ4v) is 3.99. The summed E-state index contributed by atoms with van der Waals surface area (Å²) < 4.78 is 5.70. The Labute approximate surface area is 175 Å². The molecule has 29 heavy (non-hydrogen) atoms. The lowest BCUT2D eigenvalue weighted by molar-refractivity contribution is -0.129. The van der Waals surface area contributed by atoms with Crippen LogP contribution < -0.4 is 4.74 Å². The first kappa shape index (κ1) is 21.1. The van der Waals surface area contributed by atoms with Gasteiger partial charge in [0.25, 0.3) is 5.91 Å². The van der Waals surface area contributed by atoms with Crippen molar-refractivity contribution in [2.24, 2.45) is 0 Å². The number of ether oxygens (including phenoxy) is 1. The van der Waals surface area contributed by atoms with E-state index in [1.165, 1.54) is 11.3 Å². The smallest absolute Gasteiger partial charge is 0.290 e. The number of hydrogen-bond acceptors (Lipinski definition) is 6. The zero-order valence-electron chi connectivity index (χ0n) is 17.1. The Hall–Kier alpha value is -2.64. The molecule has 3 rings (SSSR count). The number of benzene rings is 1. The number of nitrogens with zero attached hydrogens (tertiary/aromatic N) is 2. The summed E-state index contributed by atoms with van der Waals surface area (Å²) in [4.78, 5) is 30.0. The quantitative estimate of drug-likeness (QED) is 0.668. The number of hydrogen-bond donors (Lipinski definition) is 1. The van der Waals surface area contributed by atoms with Gasteiger partial charge in [0.05, 0.1) is 22.6 Å². The molecule has 1 N–H and O–H groups in total. The van der Waals surface area contributed by atoms with Crippen LogP contribution in [0.4, 0.5) is 0 Å². The first-order valence-electron chi connectivity index (χ1n) is 9.53. The highest BCUT2D eigenvalue weighted by Crippen LogP contribution is 2.39. The number of thiophene rings is 1. The fourth-order valence-electron chi connectivity index (χ4n) is 3.31. The Morgan fingerprint density at radius 1 is 1.24 bits per heavy atom. The van der Waals surface area contributed by atoms with E-state index >= 15 is 0 Å². The van der Waals surface area contributed by atoms with Crippen LogP contribution in [0.1, 0.15) is 35.1 Å². The van der Waals surface area contributed by atoms with Crippen LogP contribution in [0.5, 0.6) is 5.75 Å². The van der Waals surface area contributed by atoms with Gasteiger partial charge in [-0.1, -0.05) is 18.2 Å². The third kappa shape index (κ3) is 4.52. The Morgan fingerprint density at radius 3 is 2.48 bits per heavy atom. The van der Waals surface area contributed by atoms with Crippen molar-refractivity contribution in [2.75, 3.05) is 27.2 Å². The number of aliphatic hydroxyl groups is 1. The molecule has 2 aromatic rings. The molecule has 1 amide bonds. The first-order valence-corrected chi connectivity index (χ1v) is 10.4. The maximum Gasteiger partial charge on any atom is 0.290 e. The average Bonchev–Trinajstić information content (AvgIpc) is 3.28. The number of carbonyl (C=O) groups excluding carboxylic acids is 2. The molecule has 0 bridgehead atoms. The van der Waals surface area contributed by atoms with Crippen LogP contribution in [-0.4, -0.2) is 59.9 Å². The maximum absolute atomic E-state index is 13.1. The molecule has 0 radical (unpaired) electrons. The largest absolute Gasteiger partial charge is 0.503 e. The summed E-state index contributed by atoms with van der Waals surface area (Å²) in [5.74, 6) is -0.577. The van der Waals surface area contributed by atoms with E-state index in [0.717, 1.165) is 5.56 Å². The van der Waals surface area contributed by atoms with Crippen molar-refractivity contribution in [3.05, 3.63) is 63.6 Å². The van der Waals surface area contributed by atoms with Gasteiger partial charge in [0.15, 0.2) is 5.76 Å². The lowest BCUT2D eigenvalue weighted by atomic mass is 9.95.